The predicted molar refractivity (Wildman–Crippen MR) is 97.4 cm³/mol. The Kier molecular flexibility index (Phi) is 3.39. The molecule has 0 spiro atoms. The molecule has 0 amide bonds. The summed E-state index contributed by atoms with van der Waals surface area (Å²) >= 11 is 7.19. The van der Waals surface area contributed by atoms with E-state index in [1.807, 2.05) is 0 Å². The molecule has 6 fully saturated rings. The summed E-state index contributed by atoms with van der Waals surface area (Å²) in [7, 11) is 0. The Morgan fingerprint density at radius 3 is 1.36 bits per heavy atom. The van der Waals surface area contributed by atoms with Crippen molar-refractivity contribution in [2.45, 2.75) is 78.9 Å². The number of halogens is 1. The molecule has 2 heteroatoms. The third-order valence-electron chi connectivity index (χ3n) is 9.64. The molecule has 124 valence electrons. The molecule has 22 heavy (non-hydrogen) atoms. The fourth-order valence-corrected chi connectivity index (χ4v) is 8.20. The summed E-state index contributed by atoms with van der Waals surface area (Å²) in [5.74, 6) is 7.00. The standard InChI is InChI=1S/C20H34BCl/c1-11-15-7-13(19(15,3)4)9-17(11)21(22)18-10-14-8-16(12(18)2)20(14,5)6/h11-18H,7-10H2,1-6H3/t11-,12-,13+,14+,15-,16-,17+,18+/m0/s1. The summed E-state index contributed by atoms with van der Waals surface area (Å²) in [5, 5.41) is 0. The zero-order valence-corrected chi connectivity index (χ0v) is 16.2. The van der Waals surface area contributed by atoms with E-state index < -0.39 is 0 Å². The van der Waals surface area contributed by atoms with Crippen LogP contribution in [0.1, 0.15) is 67.2 Å². The predicted octanol–water partition coefficient (Wildman–Crippen LogP) is 6.36. The lowest BCUT2D eigenvalue weighted by atomic mass is 9.30. The molecule has 0 aromatic heterocycles. The molecule has 0 N–H and O–H groups in total. The van der Waals surface area contributed by atoms with Gasteiger partial charge in [0.2, 0.25) is 0 Å². The lowest BCUT2D eigenvalue weighted by Crippen LogP contribution is -2.58. The Hall–Kier alpha value is 0.355. The van der Waals surface area contributed by atoms with Crippen LogP contribution in [0.5, 0.6) is 0 Å². The van der Waals surface area contributed by atoms with Crippen LogP contribution in [0.3, 0.4) is 0 Å². The summed E-state index contributed by atoms with van der Waals surface area (Å²) in [6, 6.07) is 0. The van der Waals surface area contributed by atoms with Gasteiger partial charge in [-0.3, -0.25) is 0 Å². The van der Waals surface area contributed by atoms with Crippen molar-refractivity contribution in [1.29, 1.82) is 0 Å². The minimum Gasteiger partial charge on any atom is -0.195 e. The van der Waals surface area contributed by atoms with E-state index >= 15 is 0 Å². The molecule has 0 unspecified atom stereocenters. The van der Waals surface area contributed by atoms with Gasteiger partial charge in [0.1, 0.15) is 0 Å². The molecule has 0 saturated heterocycles. The highest BCUT2D eigenvalue weighted by Gasteiger charge is 2.62. The van der Waals surface area contributed by atoms with Gasteiger partial charge < -0.3 is 0 Å². The molecular formula is C20H34BCl. The Bertz CT molecular complexity index is 428. The fraction of sp³-hybridized carbons (Fsp3) is 1.00. The molecule has 0 heterocycles. The molecular weight excluding hydrogens is 286 g/mol. The van der Waals surface area contributed by atoms with Crippen molar-refractivity contribution in [2.24, 2.45) is 46.3 Å². The van der Waals surface area contributed by atoms with Crippen LogP contribution in [0, 0.1) is 46.3 Å². The van der Waals surface area contributed by atoms with Crippen molar-refractivity contribution in [2.75, 3.05) is 0 Å². The summed E-state index contributed by atoms with van der Waals surface area (Å²) in [4.78, 5) is 0. The quantitative estimate of drug-likeness (QED) is 0.519. The maximum atomic E-state index is 7.19. The molecule has 6 saturated carbocycles. The largest absolute Gasteiger partial charge is 0.257 e. The maximum Gasteiger partial charge on any atom is 0.257 e. The average molecular weight is 321 g/mol. The minimum absolute atomic E-state index is 0.438. The smallest absolute Gasteiger partial charge is 0.195 e. The number of hydrogen-bond acceptors (Lipinski definition) is 0. The van der Waals surface area contributed by atoms with Gasteiger partial charge in [-0.25, -0.2) is 0 Å². The Morgan fingerprint density at radius 2 is 1.09 bits per heavy atom. The van der Waals surface area contributed by atoms with E-state index in [-0.39, 0.29) is 0 Å². The molecule has 0 aromatic rings. The lowest BCUT2D eigenvalue weighted by Gasteiger charge is -2.65. The van der Waals surface area contributed by atoms with Crippen molar-refractivity contribution in [3.63, 3.8) is 0 Å². The van der Waals surface area contributed by atoms with Crippen LogP contribution in [-0.4, -0.2) is 6.13 Å². The van der Waals surface area contributed by atoms with E-state index in [1.54, 1.807) is 0 Å². The molecule has 6 aliphatic carbocycles. The van der Waals surface area contributed by atoms with Gasteiger partial charge in [-0.05, 0) is 70.8 Å². The topological polar surface area (TPSA) is 0 Å². The molecule has 0 aromatic carbocycles. The third kappa shape index (κ3) is 1.84. The van der Waals surface area contributed by atoms with E-state index in [4.69, 9.17) is 11.5 Å². The van der Waals surface area contributed by atoms with Gasteiger partial charge in [0.05, 0.1) is 0 Å². The number of hydrogen-bond donors (Lipinski definition) is 0. The second kappa shape index (κ2) is 4.71. The normalized spacial score (nSPS) is 54.1. The lowest BCUT2D eigenvalue weighted by molar-refractivity contribution is -0.106. The third-order valence-corrected chi connectivity index (χ3v) is 10.3. The molecule has 0 aliphatic heterocycles. The fourth-order valence-electron chi connectivity index (χ4n) is 7.54. The van der Waals surface area contributed by atoms with E-state index in [1.165, 1.54) is 25.7 Å². The highest BCUT2D eigenvalue weighted by molar-refractivity contribution is 7.08. The van der Waals surface area contributed by atoms with Gasteiger partial charge in [0, 0.05) is 0 Å². The van der Waals surface area contributed by atoms with Gasteiger partial charge in [-0.15, -0.1) is 0 Å². The Morgan fingerprint density at radius 1 is 0.727 bits per heavy atom. The highest BCUT2D eigenvalue weighted by atomic mass is 35.5. The Balaban J connectivity index is 1.49. The van der Waals surface area contributed by atoms with Crippen LogP contribution >= 0.6 is 11.5 Å². The van der Waals surface area contributed by atoms with Crippen LogP contribution < -0.4 is 0 Å². The van der Waals surface area contributed by atoms with Crippen LogP contribution in [-0.2, 0) is 0 Å². The highest BCUT2D eigenvalue weighted by Crippen LogP contribution is 2.69. The van der Waals surface area contributed by atoms with Crippen LogP contribution in [0.15, 0.2) is 0 Å². The van der Waals surface area contributed by atoms with Crippen molar-refractivity contribution in [1.82, 2.24) is 0 Å². The van der Waals surface area contributed by atoms with Gasteiger partial charge in [-0.2, -0.15) is 11.5 Å². The summed E-state index contributed by atoms with van der Waals surface area (Å²) in [6.45, 7) is 15.0. The molecule has 4 bridgehead atoms. The van der Waals surface area contributed by atoms with Crippen LogP contribution in [0.2, 0.25) is 11.6 Å². The first kappa shape index (κ1) is 15.9. The molecule has 6 aliphatic rings. The molecule has 6 rings (SSSR count). The first-order chi connectivity index (χ1) is 10.2. The molecule has 0 nitrogen and oxygen atoms in total. The maximum absolute atomic E-state index is 7.19. The van der Waals surface area contributed by atoms with Crippen LogP contribution in [0.4, 0.5) is 0 Å². The Labute approximate surface area is 143 Å². The zero-order chi connectivity index (χ0) is 16.0. The van der Waals surface area contributed by atoms with Crippen LogP contribution in [0.25, 0.3) is 0 Å². The van der Waals surface area contributed by atoms with Crippen molar-refractivity contribution < 1.29 is 0 Å². The van der Waals surface area contributed by atoms with Gasteiger partial charge in [0.15, 0.2) is 0 Å². The second-order valence-electron chi connectivity index (χ2n) is 10.7. The summed E-state index contributed by atoms with van der Waals surface area (Å²) in [5.41, 5.74) is 1.18. The number of fused-ring (bicyclic) bond motifs is 4. The molecule has 8 atom stereocenters. The monoisotopic (exact) mass is 320 g/mol. The van der Waals surface area contributed by atoms with Gasteiger partial charge in [0.25, 0.3) is 6.13 Å². The van der Waals surface area contributed by atoms with Gasteiger partial charge >= 0.3 is 0 Å². The second-order valence-corrected chi connectivity index (χ2v) is 11.2. The first-order valence-electron chi connectivity index (χ1n) is 9.79. The van der Waals surface area contributed by atoms with Crippen molar-refractivity contribution >= 4 is 17.6 Å². The van der Waals surface area contributed by atoms with E-state index in [0.29, 0.717) is 17.0 Å². The van der Waals surface area contributed by atoms with Crippen molar-refractivity contribution in [3.05, 3.63) is 0 Å². The van der Waals surface area contributed by atoms with Gasteiger partial charge in [-0.1, -0.05) is 54.4 Å². The number of rotatable bonds is 2. The SMILES string of the molecule is C[C@@H]1[C@H](B(Cl)[C@@H]2C[C@H]3C[C@@H]([C@@H]2C)C3(C)C)C[C@H]2C[C@@H]1C2(C)C. The summed E-state index contributed by atoms with van der Waals surface area (Å²) in [6.07, 6.45) is 6.20. The van der Waals surface area contributed by atoms with E-state index in [9.17, 15) is 0 Å². The first-order valence-corrected chi connectivity index (χ1v) is 10.2. The zero-order valence-electron chi connectivity index (χ0n) is 15.4. The molecule has 0 radical (unpaired) electrons. The van der Waals surface area contributed by atoms with E-state index in [2.05, 4.69) is 41.5 Å². The minimum atomic E-state index is 0.438. The average Bonchev–Trinajstić information content (AvgIpc) is 2.45. The van der Waals surface area contributed by atoms with E-state index in [0.717, 1.165) is 47.1 Å². The summed E-state index contributed by atoms with van der Waals surface area (Å²) < 4.78 is 0. The van der Waals surface area contributed by atoms with Crippen molar-refractivity contribution in [3.8, 4) is 0 Å².